The Hall–Kier alpha value is -2.27. The van der Waals surface area contributed by atoms with E-state index in [1.54, 1.807) is 13.2 Å². The molecular formula is C20H29N3O2. The molecule has 1 fully saturated rings. The first kappa shape index (κ1) is 19.1. The molecular weight excluding hydrogens is 314 g/mol. The van der Waals surface area contributed by atoms with Crippen molar-refractivity contribution in [2.24, 2.45) is 0 Å². The lowest BCUT2D eigenvalue weighted by atomic mass is 10.0. The predicted molar refractivity (Wildman–Crippen MR) is 103 cm³/mol. The van der Waals surface area contributed by atoms with Gasteiger partial charge in [0, 0.05) is 24.7 Å². The highest BCUT2D eigenvalue weighted by Gasteiger charge is 2.26. The highest BCUT2D eigenvalue weighted by atomic mass is 16.5. The lowest BCUT2D eigenvalue weighted by Gasteiger charge is -2.36. The van der Waals surface area contributed by atoms with E-state index in [0.29, 0.717) is 5.82 Å². The van der Waals surface area contributed by atoms with Gasteiger partial charge >= 0.3 is 0 Å². The lowest BCUT2D eigenvalue weighted by molar-refractivity contribution is 0.0380. The molecule has 5 heteroatoms. The Balaban J connectivity index is 0.00000109. The summed E-state index contributed by atoms with van der Waals surface area (Å²) in [7, 11) is 3.76. The summed E-state index contributed by atoms with van der Waals surface area (Å²) in [6, 6.07) is 9.68. The molecule has 0 aliphatic carbocycles. The van der Waals surface area contributed by atoms with Crippen LogP contribution in [-0.4, -0.2) is 43.2 Å². The average molecular weight is 343 g/mol. The summed E-state index contributed by atoms with van der Waals surface area (Å²) in [4.78, 5) is 6.64. The van der Waals surface area contributed by atoms with Crippen LogP contribution in [0.3, 0.4) is 0 Å². The van der Waals surface area contributed by atoms with Crippen LogP contribution in [0.5, 0.6) is 11.5 Å². The standard InChI is InChI=1S/C18H23N3O2.C2H6/c1-4-12-8-14(15-6-5-7-18(19)20-15)17(22-3)9-16(12)23-13-10-21(2)11-13;1-2/h5-9,13H,4,10-11H2,1-3H3,(H2,19,20);1-2H3. The molecule has 0 bridgehead atoms. The molecule has 3 rings (SSSR count). The third-order valence-electron chi connectivity index (χ3n) is 4.13. The summed E-state index contributed by atoms with van der Waals surface area (Å²) in [6.07, 6.45) is 1.14. The number of methoxy groups -OCH3 is 1. The Kier molecular flexibility index (Phi) is 6.65. The van der Waals surface area contributed by atoms with Crippen molar-refractivity contribution in [1.82, 2.24) is 9.88 Å². The molecule has 25 heavy (non-hydrogen) atoms. The average Bonchev–Trinajstić information content (AvgIpc) is 2.61. The van der Waals surface area contributed by atoms with Crippen molar-refractivity contribution >= 4 is 5.82 Å². The van der Waals surface area contributed by atoms with Crippen molar-refractivity contribution in [3.05, 3.63) is 35.9 Å². The Morgan fingerprint density at radius 2 is 1.92 bits per heavy atom. The van der Waals surface area contributed by atoms with Gasteiger partial charge in [-0.3, -0.25) is 4.90 Å². The summed E-state index contributed by atoms with van der Waals surface area (Å²) >= 11 is 0. The van der Waals surface area contributed by atoms with Gasteiger partial charge in [0.2, 0.25) is 0 Å². The number of likely N-dealkylation sites (tertiary alicyclic amines) is 1. The van der Waals surface area contributed by atoms with Crippen LogP contribution in [0.25, 0.3) is 11.3 Å². The van der Waals surface area contributed by atoms with Crippen LogP contribution in [0.2, 0.25) is 0 Å². The van der Waals surface area contributed by atoms with Crippen LogP contribution in [0, 0.1) is 0 Å². The highest BCUT2D eigenvalue weighted by Crippen LogP contribution is 2.36. The number of aromatic nitrogens is 1. The highest BCUT2D eigenvalue weighted by molar-refractivity contribution is 5.71. The second-order valence-corrected chi connectivity index (χ2v) is 5.92. The number of aryl methyl sites for hydroxylation is 1. The molecule has 0 spiro atoms. The van der Waals surface area contributed by atoms with Crippen molar-refractivity contribution in [3.63, 3.8) is 0 Å². The number of rotatable bonds is 5. The van der Waals surface area contributed by atoms with Gasteiger partial charge in [-0.2, -0.15) is 0 Å². The third kappa shape index (κ3) is 4.42. The number of nitrogens with two attached hydrogens (primary N) is 1. The second-order valence-electron chi connectivity index (χ2n) is 5.92. The molecule has 0 unspecified atom stereocenters. The van der Waals surface area contributed by atoms with E-state index in [0.717, 1.165) is 47.8 Å². The quantitative estimate of drug-likeness (QED) is 0.898. The minimum Gasteiger partial charge on any atom is -0.496 e. The maximum absolute atomic E-state index is 6.13. The van der Waals surface area contributed by atoms with E-state index < -0.39 is 0 Å². The van der Waals surface area contributed by atoms with Crippen molar-refractivity contribution < 1.29 is 9.47 Å². The molecule has 0 radical (unpaired) electrons. The Labute approximate surface area is 150 Å². The Morgan fingerprint density at radius 3 is 2.48 bits per heavy atom. The van der Waals surface area contributed by atoms with Gasteiger partial charge in [0.1, 0.15) is 23.4 Å². The molecule has 0 atom stereocenters. The topological polar surface area (TPSA) is 60.6 Å². The number of hydrogen-bond acceptors (Lipinski definition) is 5. The molecule has 2 heterocycles. The molecule has 2 N–H and O–H groups in total. The maximum atomic E-state index is 6.13. The zero-order valence-corrected chi connectivity index (χ0v) is 15.9. The van der Waals surface area contributed by atoms with Crippen molar-refractivity contribution in [3.8, 4) is 22.8 Å². The number of pyridine rings is 1. The van der Waals surface area contributed by atoms with Gasteiger partial charge in [-0.1, -0.05) is 26.8 Å². The fraction of sp³-hybridized carbons (Fsp3) is 0.450. The van der Waals surface area contributed by atoms with E-state index in [1.807, 2.05) is 32.0 Å². The number of anilines is 1. The van der Waals surface area contributed by atoms with E-state index in [4.69, 9.17) is 15.2 Å². The van der Waals surface area contributed by atoms with Gasteiger partial charge in [-0.25, -0.2) is 4.98 Å². The molecule has 2 aromatic rings. The Bertz CT molecular complexity index is 697. The fourth-order valence-electron chi connectivity index (χ4n) is 2.86. The molecule has 1 aromatic heterocycles. The number of benzene rings is 1. The zero-order chi connectivity index (χ0) is 18.4. The molecule has 0 amide bonds. The van der Waals surface area contributed by atoms with Crippen molar-refractivity contribution in [2.45, 2.75) is 33.3 Å². The number of ether oxygens (including phenoxy) is 2. The molecule has 1 saturated heterocycles. The van der Waals surface area contributed by atoms with Gasteiger partial charge in [-0.15, -0.1) is 0 Å². The first-order valence-corrected chi connectivity index (χ1v) is 8.89. The molecule has 0 saturated carbocycles. The van der Waals surface area contributed by atoms with Crippen LogP contribution in [0.15, 0.2) is 30.3 Å². The van der Waals surface area contributed by atoms with Gasteiger partial charge < -0.3 is 15.2 Å². The first-order chi connectivity index (χ1) is 12.1. The van der Waals surface area contributed by atoms with Gasteiger partial charge in [0.25, 0.3) is 0 Å². The van der Waals surface area contributed by atoms with Crippen LogP contribution < -0.4 is 15.2 Å². The van der Waals surface area contributed by atoms with E-state index in [1.165, 1.54) is 0 Å². The molecule has 5 nitrogen and oxygen atoms in total. The Morgan fingerprint density at radius 1 is 1.20 bits per heavy atom. The molecule has 136 valence electrons. The normalized spacial score (nSPS) is 14.3. The van der Waals surface area contributed by atoms with Crippen LogP contribution in [0.1, 0.15) is 26.3 Å². The maximum Gasteiger partial charge on any atom is 0.131 e. The molecule has 1 aliphatic heterocycles. The largest absolute Gasteiger partial charge is 0.496 e. The summed E-state index contributed by atoms with van der Waals surface area (Å²) in [5.74, 6) is 2.15. The van der Waals surface area contributed by atoms with Gasteiger partial charge in [0.05, 0.1) is 12.8 Å². The van der Waals surface area contributed by atoms with E-state index >= 15 is 0 Å². The predicted octanol–water partition coefficient (Wildman–Crippen LogP) is 3.62. The number of hydrogen-bond donors (Lipinski definition) is 1. The van der Waals surface area contributed by atoms with Crippen molar-refractivity contribution in [2.75, 3.05) is 33.0 Å². The smallest absolute Gasteiger partial charge is 0.131 e. The molecule has 1 aliphatic rings. The van der Waals surface area contributed by atoms with Gasteiger partial charge in [0.15, 0.2) is 0 Å². The summed E-state index contributed by atoms with van der Waals surface area (Å²) in [5.41, 5.74) is 8.71. The fourth-order valence-corrected chi connectivity index (χ4v) is 2.86. The first-order valence-electron chi connectivity index (χ1n) is 8.89. The molecule has 1 aromatic carbocycles. The SMILES string of the molecule is CC.CCc1cc(-c2cccc(N)n2)c(OC)cc1OC1CN(C)C1. The summed E-state index contributed by atoms with van der Waals surface area (Å²) < 4.78 is 11.7. The monoisotopic (exact) mass is 343 g/mol. The van der Waals surface area contributed by atoms with Crippen molar-refractivity contribution in [1.29, 1.82) is 0 Å². The number of nitrogen functional groups attached to an aromatic ring is 1. The zero-order valence-electron chi connectivity index (χ0n) is 15.9. The third-order valence-corrected chi connectivity index (χ3v) is 4.13. The number of nitrogens with zero attached hydrogens (tertiary/aromatic N) is 2. The summed E-state index contributed by atoms with van der Waals surface area (Å²) in [5, 5.41) is 0. The van der Waals surface area contributed by atoms with E-state index in [2.05, 4.69) is 29.9 Å². The lowest BCUT2D eigenvalue weighted by Crippen LogP contribution is -2.51. The second kappa shape index (κ2) is 8.72. The minimum absolute atomic E-state index is 0.256. The van der Waals surface area contributed by atoms with E-state index in [9.17, 15) is 0 Å². The van der Waals surface area contributed by atoms with Crippen LogP contribution in [0.4, 0.5) is 5.82 Å². The van der Waals surface area contributed by atoms with Crippen LogP contribution in [-0.2, 0) is 6.42 Å². The van der Waals surface area contributed by atoms with E-state index in [-0.39, 0.29) is 6.10 Å². The minimum atomic E-state index is 0.256. The van der Waals surface area contributed by atoms with Crippen LogP contribution >= 0.6 is 0 Å². The number of likely N-dealkylation sites (N-methyl/N-ethyl adjacent to an activating group) is 1. The van der Waals surface area contributed by atoms with Gasteiger partial charge in [-0.05, 0) is 37.2 Å². The summed E-state index contributed by atoms with van der Waals surface area (Å²) in [6.45, 7) is 8.05.